The number of β-amino-alcohol motifs (C(OH)–C–C–N with tert-alkyl or cyclic N) is 1. The van der Waals surface area contributed by atoms with Gasteiger partial charge in [0.1, 0.15) is 11.8 Å². The number of benzene rings is 2. The molecular formula is C23H23N3O4. The molecule has 1 saturated heterocycles. The first-order valence-electron chi connectivity index (χ1n) is 10.1. The molecule has 0 aliphatic carbocycles. The van der Waals surface area contributed by atoms with Gasteiger partial charge in [-0.25, -0.2) is 0 Å². The molecule has 7 nitrogen and oxygen atoms in total. The maximum Gasteiger partial charge on any atom is 0.246 e. The van der Waals surface area contributed by atoms with Crippen LogP contribution in [0.15, 0.2) is 48.5 Å². The highest BCUT2D eigenvalue weighted by Gasteiger charge is 2.48. The number of hydrogen-bond acceptors (Lipinski definition) is 4. The zero-order valence-electron chi connectivity index (χ0n) is 16.7. The number of fused-ring (bicyclic) bond motifs is 4. The molecule has 3 heterocycles. The van der Waals surface area contributed by atoms with Crippen molar-refractivity contribution < 1.29 is 19.4 Å². The van der Waals surface area contributed by atoms with Gasteiger partial charge in [0, 0.05) is 29.6 Å². The summed E-state index contributed by atoms with van der Waals surface area (Å²) >= 11 is 0. The molecule has 2 aromatic carbocycles. The molecule has 2 N–H and O–H groups in total. The molecule has 0 radical (unpaired) electrons. The van der Waals surface area contributed by atoms with Gasteiger partial charge in [-0.15, -0.1) is 0 Å². The molecule has 0 saturated carbocycles. The van der Waals surface area contributed by atoms with E-state index in [2.05, 4.69) is 4.98 Å². The summed E-state index contributed by atoms with van der Waals surface area (Å²) in [5.41, 5.74) is 3.88. The van der Waals surface area contributed by atoms with Crippen LogP contribution in [-0.2, 0) is 16.0 Å². The molecule has 0 bridgehead atoms. The van der Waals surface area contributed by atoms with Crippen LogP contribution >= 0.6 is 0 Å². The average molecular weight is 405 g/mol. The van der Waals surface area contributed by atoms with E-state index in [9.17, 15) is 14.7 Å². The molecule has 5 rings (SSSR count). The van der Waals surface area contributed by atoms with Gasteiger partial charge in [0.05, 0.1) is 26.3 Å². The van der Waals surface area contributed by atoms with Gasteiger partial charge in [-0.3, -0.25) is 9.59 Å². The lowest BCUT2D eigenvalue weighted by atomic mass is 9.86. The summed E-state index contributed by atoms with van der Waals surface area (Å²) in [5, 5.41) is 10.4. The van der Waals surface area contributed by atoms with Crippen LogP contribution in [0.1, 0.15) is 22.9 Å². The number of aliphatic hydroxyl groups is 1. The fraction of sp³-hybridized carbons (Fsp3) is 0.304. The number of aliphatic hydroxyl groups excluding tert-OH is 1. The van der Waals surface area contributed by atoms with Crippen LogP contribution < -0.4 is 4.74 Å². The topological polar surface area (TPSA) is 85.9 Å². The van der Waals surface area contributed by atoms with Gasteiger partial charge in [0.2, 0.25) is 11.8 Å². The Morgan fingerprint density at radius 1 is 1.17 bits per heavy atom. The van der Waals surface area contributed by atoms with Gasteiger partial charge in [0.15, 0.2) is 0 Å². The Morgan fingerprint density at radius 2 is 2.00 bits per heavy atom. The number of methoxy groups -OCH3 is 1. The van der Waals surface area contributed by atoms with Crippen molar-refractivity contribution in [2.75, 3.05) is 26.8 Å². The van der Waals surface area contributed by atoms with Crippen LogP contribution in [0.2, 0.25) is 0 Å². The highest BCUT2D eigenvalue weighted by molar-refractivity contribution is 5.97. The van der Waals surface area contributed by atoms with E-state index in [-0.39, 0.29) is 31.5 Å². The highest BCUT2D eigenvalue weighted by atomic mass is 16.5. The Labute approximate surface area is 173 Å². The standard InChI is InChI=1S/C23H23N3O4/c1-30-15-6-4-5-14(11-15)22-21-17(16-7-2-3-8-18(16)24-21)12-19-23(29)25(9-10-27)13-20(28)26(19)22/h2-8,11,19,22,24,27H,9-10,12-13H2,1H3/t19-,22-/m0/s1. The Balaban J connectivity index is 1.71. The largest absolute Gasteiger partial charge is 0.497 e. The van der Waals surface area contributed by atoms with Gasteiger partial charge in [0.25, 0.3) is 0 Å². The molecule has 7 heteroatoms. The lowest BCUT2D eigenvalue weighted by Crippen LogP contribution is -2.63. The van der Waals surface area contributed by atoms with Gasteiger partial charge in [-0.1, -0.05) is 30.3 Å². The number of amides is 2. The van der Waals surface area contributed by atoms with Gasteiger partial charge >= 0.3 is 0 Å². The maximum absolute atomic E-state index is 13.2. The molecule has 2 amide bonds. The molecule has 30 heavy (non-hydrogen) atoms. The van der Waals surface area contributed by atoms with E-state index in [1.165, 1.54) is 4.90 Å². The number of aromatic nitrogens is 1. The summed E-state index contributed by atoms with van der Waals surface area (Å²) in [5.74, 6) is 0.461. The van der Waals surface area contributed by atoms with Crippen LogP contribution in [0, 0.1) is 0 Å². The molecule has 2 aliphatic rings. The summed E-state index contributed by atoms with van der Waals surface area (Å²) in [6, 6.07) is 14.6. The fourth-order valence-electron chi connectivity index (χ4n) is 4.79. The summed E-state index contributed by atoms with van der Waals surface area (Å²) < 4.78 is 5.41. The minimum Gasteiger partial charge on any atom is -0.497 e. The van der Waals surface area contributed by atoms with Gasteiger partial charge in [-0.2, -0.15) is 0 Å². The van der Waals surface area contributed by atoms with Crippen molar-refractivity contribution in [3.8, 4) is 5.75 Å². The third kappa shape index (κ3) is 2.77. The number of ether oxygens (including phenoxy) is 1. The maximum atomic E-state index is 13.2. The second-order valence-corrected chi connectivity index (χ2v) is 7.75. The van der Waals surface area contributed by atoms with E-state index in [0.29, 0.717) is 12.2 Å². The number of nitrogens with one attached hydrogen (secondary N) is 1. The number of hydrogen-bond donors (Lipinski definition) is 2. The Kier molecular flexibility index (Phi) is 4.47. The SMILES string of the molecule is COc1cccc([C@H]2c3[nH]c4ccccc4c3C[C@H]3C(=O)N(CCO)CC(=O)N23)c1. The first-order valence-corrected chi connectivity index (χ1v) is 10.1. The number of rotatable bonds is 4. The number of carbonyl (C=O) groups is 2. The second kappa shape index (κ2) is 7.18. The fourth-order valence-corrected chi connectivity index (χ4v) is 4.79. The van der Waals surface area contributed by atoms with Crippen molar-refractivity contribution in [3.05, 3.63) is 65.4 Å². The lowest BCUT2D eigenvalue weighted by Gasteiger charge is -2.47. The first kappa shape index (κ1) is 18.7. The Hall–Kier alpha value is -3.32. The zero-order chi connectivity index (χ0) is 20.8. The Bertz CT molecular complexity index is 1140. The average Bonchev–Trinajstić information content (AvgIpc) is 3.14. The van der Waals surface area contributed by atoms with Gasteiger partial charge in [-0.05, 0) is 29.3 Å². The second-order valence-electron chi connectivity index (χ2n) is 7.75. The number of nitrogens with zero attached hydrogens (tertiary/aromatic N) is 2. The van der Waals surface area contributed by atoms with E-state index in [1.54, 1.807) is 12.0 Å². The normalized spacial score (nSPS) is 21.0. The summed E-state index contributed by atoms with van der Waals surface area (Å²) in [6.07, 6.45) is 0.451. The van der Waals surface area contributed by atoms with E-state index < -0.39 is 12.1 Å². The predicted molar refractivity (Wildman–Crippen MR) is 111 cm³/mol. The molecule has 0 unspecified atom stereocenters. The van der Waals surface area contributed by atoms with Crippen molar-refractivity contribution in [2.24, 2.45) is 0 Å². The molecule has 2 aliphatic heterocycles. The van der Waals surface area contributed by atoms with Crippen LogP contribution in [0.25, 0.3) is 10.9 Å². The van der Waals surface area contributed by atoms with Crippen LogP contribution in [-0.4, -0.2) is 64.6 Å². The molecule has 0 spiro atoms. The third-order valence-electron chi connectivity index (χ3n) is 6.12. The van der Waals surface area contributed by atoms with Crippen LogP contribution in [0.5, 0.6) is 5.75 Å². The highest BCUT2D eigenvalue weighted by Crippen LogP contribution is 2.43. The quantitative estimate of drug-likeness (QED) is 0.694. The number of piperazine rings is 1. The van der Waals surface area contributed by atoms with E-state index >= 15 is 0 Å². The molecule has 1 aromatic heterocycles. The summed E-state index contributed by atoms with van der Waals surface area (Å²) in [4.78, 5) is 33.2. The first-order chi connectivity index (χ1) is 14.6. The Morgan fingerprint density at radius 3 is 2.80 bits per heavy atom. The molecule has 2 atom stereocenters. The number of carbonyl (C=O) groups excluding carboxylic acids is 2. The van der Waals surface area contributed by atoms with Crippen molar-refractivity contribution in [1.82, 2.24) is 14.8 Å². The molecule has 154 valence electrons. The van der Waals surface area contributed by atoms with Gasteiger partial charge < -0.3 is 24.6 Å². The van der Waals surface area contributed by atoms with Crippen LogP contribution in [0.4, 0.5) is 0 Å². The predicted octanol–water partition coefficient (Wildman–Crippen LogP) is 1.85. The van der Waals surface area contributed by atoms with Crippen molar-refractivity contribution in [2.45, 2.75) is 18.5 Å². The number of aromatic amines is 1. The van der Waals surface area contributed by atoms with Crippen molar-refractivity contribution in [1.29, 1.82) is 0 Å². The molecule has 3 aromatic rings. The van der Waals surface area contributed by atoms with E-state index in [4.69, 9.17) is 4.74 Å². The minimum absolute atomic E-state index is 0.0219. The third-order valence-corrected chi connectivity index (χ3v) is 6.12. The van der Waals surface area contributed by atoms with E-state index in [0.717, 1.165) is 27.7 Å². The monoisotopic (exact) mass is 405 g/mol. The summed E-state index contributed by atoms with van der Waals surface area (Å²) in [7, 11) is 1.61. The number of H-pyrrole nitrogens is 1. The lowest BCUT2D eigenvalue weighted by molar-refractivity contribution is -0.159. The smallest absolute Gasteiger partial charge is 0.246 e. The van der Waals surface area contributed by atoms with Crippen molar-refractivity contribution in [3.63, 3.8) is 0 Å². The molecular weight excluding hydrogens is 382 g/mol. The minimum atomic E-state index is -0.597. The van der Waals surface area contributed by atoms with Crippen molar-refractivity contribution >= 4 is 22.7 Å². The van der Waals surface area contributed by atoms with Crippen LogP contribution in [0.3, 0.4) is 0 Å². The number of para-hydroxylation sites is 1. The van der Waals surface area contributed by atoms with E-state index in [1.807, 2.05) is 48.5 Å². The summed E-state index contributed by atoms with van der Waals surface area (Å²) in [6.45, 7) is -0.0191. The molecule has 1 fully saturated rings. The zero-order valence-corrected chi connectivity index (χ0v) is 16.7.